The van der Waals surface area contributed by atoms with Crippen LogP contribution in [0.2, 0.25) is 5.02 Å². The first-order chi connectivity index (χ1) is 9.49. The zero-order valence-corrected chi connectivity index (χ0v) is 12.8. The van der Waals surface area contributed by atoms with E-state index >= 15 is 0 Å². The van der Waals surface area contributed by atoms with E-state index in [2.05, 4.69) is 0 Å². The predicted octanol–water partition coefficient (Wildman–Crippen LogP) is 2.74. The fraction of sp³-hybridized carbons (Fsp3) is 0.533. The Morgan fingerprint density at radius 1 is 1.45 bits per heavy atom. The van der Waals surface area contributed by atoms with Crippen LogP contribution in [-0.4, -0.2) is 42.2 Å². The summed E-state index contributed by atoms with van der Waals surface area (Å²) in [6.45, 7) is 6.85. The Bertz CT molecular complexity index is 480. The van der Waals surface area contributed by atoms with Gasteiger partial charge >= 0.3 is 0 Å². The summed E-state index contributed by atoms with van der Waals surface area (Å²) in [5.41, 5.74) is 0. The number of ether oxygens (including phenoxy) is 2. The van der Waals surface area contributed by atoms with Gasteiger partial charge in [-0.05, 0) is 32.9 Å². The van der Waals surface area contributed by atoms with E-state index in [0.29, 0.717) is 23.9 Å². The molecule has 2 rings (SSSR count). The van der Waals surface area contributed by atoms with Crippen LogP contribution in [-0.2, 0) is 9.53 Å². The molecule has 1 aromatic carbocycles. The van der Waals surface area contributed by atoms with Crippen LogP contribution >= 0.6 is 11.6 Å². The van der Waals surface area contributed by atoms with Gasteiger partial charge in [-0.1, -0.05) is 23.7 Å². The van der Waals surface area contributed by atoms with Crippen molar-refractivity contribution < 1.29 is 14.3 Å². The molecule has 3 atom stereocenters. The van der Waals surface area contributed by atoms with Crippen molar-refractivity contribution in [1.82, 2.24) is 4.90 Å². The minimum atomic E-state index is -0.567. The van der Waals surface area contributed by atoms with Crippen LogP contribution in [0.1, 0.15) is 20.8 Å². The summed E-state index contributed by atoms with van der Waals surface area (Å²) < 4.78 is 11.2. The van der Waals surface area contributed by atoms with E-state index in [1.54, 1.807) is 19.1 Å². The molecule has 0 bridgehead atoms. The van der Waals surface area contributed by atoms with Gasteiger partial charge < -0.3 is 14.4 Å². The standard InChI is InChI=1S/C15H20ClNO3/c1-10-9-19-11(2)8-17(10)15(18)12(3)20-14-7-5-4-6-13(14)16/h4-7,10-12H,8-9H2,1-3H3. The SMILES string of the molecule is CC1CN(C(=O)C(C)Oc2ccccc2Cl)C(C)CO1. The molecule has 20 heavy (non-hydrogen) atoms. The van der Waals surface area contributed by atoms with E-state index in [1.807, 2.05) is 30.9 Å². The maximum Gasteiger partial charge on any atom is 0.263 e. The summed E-state index contributed by atoms with van der Waals surface area (Å²) in [4.78, 5) is 14.3. The Hall–Kier alpha value is -1.26. The second kappa shape index (κ2) is 6.46. The Labute approximate surface area is 124 Å². The van der Waals surface area contributed by atoms with Crippen molar-refractivity contribution in [3.63, 3.8) is 0 Å². The van der Waals surface area contributed by atoms with E-state index in [4.69, 9.17) is 21.1 Å². The normalized spacial score (nSPS) is 24.3. The van der Waals surface area contributed by atoms with Crippen LogP contribution in [0, 0.1) is 0 Å². The van der Waals surface area contributed by atoms with Gasteiger partial charge in [0.05, 0.1) is 23.8 Å². The van der Waals surface area contributed by atoms with Gasteiger partial charge in [-0.15, -0.1) is 0 Å². The molecule has 110 valence electrons. The third kappa shape index (κ3) is 3.44. The first kappa shape index (κ1) is 15.1. The van der Waals surface area contributed by atoms with E-state index in [-0.39, 0.29) is 18.1 Å². The van der Waals surface area contributed by atoms with Gasteiger partial charge in [-0.25, -0.2) is 0 Å². The predicted molar refractivity (Wildman–Crippen MR) is 78.1 cm³/mol. The van der Waals surface area contributed by atoms with Crippen LogP contribution < -0.4 is 4.74 Å². The number of halogens is 1. The molecule has 1 heterocycles. The topological polar surface area (TPSA) is 38.8 Å². The van der Waals surface area contributed by atoms with Gasteiger partial charge in [-0.2, -0.15) is 0 Å². The van der Waals surface area contributed by atoms with Crippen LogP contribution in [0.4, 0.5) is 0 Å². The third-order valence-corrected chi connectivity index (χ3v) is 3.69. The molecule has 1 amide bonds. The number of nitrogens with zero attached hydrogens (tertiary/aromatic N) is 1. The lowest BCUT2D eigenvalue weighted by Gasteiger charge is -2.38. The summed E-state index contributed by atoms with van der Waals surface area (Å²) in [5.74, 6) is 0.497. The zero-order valence-electron chi connectivity index (χ0n) is 12.0. The Kier molecular flexibility index (Phi) is 4.89. The average Bonchev–Trinajstić information content (AvgIpc) is 2.43. The van der Waals surface area contributed by atoms with E-state index in [1.165, 1.54) is 0 Å². The summed E-state index contributed by atoms with van der Waals surface area (Å²) in [5, 5.41) is 0.510. The Morgan fingerprint density at radius 3 is 2.85 bits per heavy atom. The van der Waals surface area contributed by atoms with Crippen LogP contribution in [0.3, 0.4) is 0 Å². The number of hydrogen-bond acceptors (Lipinski definition) is 3. The summed E-state index contributed by atoms with van der Waals surface area (Å²) in [6, 6.07) is 7.23. The number of morpholine rings is 1. The van der Waals surface area contributed by atoms with E-state index in [0.717, 1.165) is 0 Å². The summed E-state index contributed by atoms with van der Waals surface area (Å²) in [7, 11) is 0. The highest BCUT2D eigenvalue weighted by Gasteiger charge is 2.31. The molecule has 0 N–H and O–H groups in total. The second-order valence-corrected chi connectivity index (χ2v) is 5.58. The van der Waals surface area contributed by atoms with Gasteiger partial charge in [-0.3, -0.25) is 4.79 Å². The lowest BCUT2D eigenvalue weighted by molar-refractivity contribution is -0.149. The van der Waals surface area contributed by atoms with Crippen molar-refractivity contribution in [1.29, 1.82) is 0 Å². The van der Waals surface area contributed by atoms with Crippen LogP contribution in [0.25, 0.3) is 0 Å². The molecule has 1 fully saturated rings. The number of amides is 1. The van der Waals surface area contributed by atoms with Crippen molar-refractivity contribution >= 4 is 17.5 Å². The lowest BCUT2D eigenvalue weighted by atomic mass is 10.2. The van der Waals surface area contributed by atoms with Gasteiger partial charge in [0, 0.05) is 6.54 Å². The second-order valence-electron chi connectivity index (χ2n) is 5.17. The maximum atomic E-state index is 12.5. The van der Waals surface area contributed by atoms with Gasteiger partial charge in [0.1, 0.15) is 5.75 Å². The first-order valence-electron chi connectivity index (χ1n) is 6.82. The summed E-state index contributed by atoms with van der Waals surface area (Å²) >= 11 is 6.04. The summed E-state index contributed by atoms with van der Waals surface area (Å²) in [6.07, 6.45) is -0.509. The number of carbonyl (C=O) groups is 1. The third-order valence-electron chi connectivity index (χ3n) is 3.38. The highest BCUT2D eigenvalue weighted by Crippen LogP contribution is 2.25. The van der Waals surface area contributed by atoms with E-state index in [9.17, 15) is 4.79 Å². The van der Waals surface area contributed by atoms with Crippen LogP contribution in [0.5, 0.6) is 5.75 Å². The molecule has 1 aliphatic rings. The van der Waals surface area contributed by atoms with Crippen molar-refractivity contribution in [2.24, 2.45) is 0 Å². The highest BCUT2D eigenvalue weighted by molar-refractivity contribution is 6.32. The number of hydrogen-bond donors (Lipinski definition) is 0. The van der Waals surface area contributed by atoms with Gasteiger partial charge in [0.25, 0.3) is 5.91 Å². The highest BCUT2D eigenvalue weighted by atomic mass is 35.5. The first-order valence-corrected chi connectivity index (χ1v) is 7.20. The molecule has 4 nitrogen and oxygen atoms in total. The van der Waals surface area contributed by atoms with Crippen molar-refractivity contribution in [3.05, 3.63) is 29.3 Å². The fourth-order valence-electron chi connectivity index (χ4n) is 2.23. The molecule has 1 aliphatic heterocycles. The van der Waals surface area contributed by atoms with Gasteiger partial charge in [0.15, 0.2) is 6.10 Å². The maximum absolute atomic E-state index is 12.5. The molecule has 0 spiro atoms. The largest absolute Gasteiger partial charge is 0.479 e. The minimum absolute atomic E-state index is 0.0347. The molecular formula is C15H20ClNO3. The quantitative estimate of drug-likeness (QED) is 0.861. The molecule has 0 aliphatic carbocycles. The van der Waals surface area contributed by atoms with Crippen molar-refractivity contribution in [2.45, 2.75) is 39.0 Å². The molecule has 3 unspecified atom stereocenters. The average molecular weight is 298 g/mol. The lowest BCUT2D eigenvalue weighted by Crippen LogP contribution is -2.53. The Morgan fingerprint density at radius 2 is 2.15 bits per heavy atom. The molecule has 1 aromatic rings. The number of carbonyl (C=O) groups excluding carboxylic acids is 1. The zero-order chi connectivity index (χ0) is 14.7. The van der Waals surface area contributed by atoms with Crippen LogP contribution in [0.15, 0.2) is 24.3 Å². The van der Waals surface area contributed by atoms with Crippen molar-refractivity contribution in [2.75, 3.05) is 13.2 Å². The van der Waals surface area contributed by atoms with Crippen molar-refractivity contribution in [3.8, 4) is 5.75 Å². The minimum Gasteiger partial charge on any atom is -0.479 e. The fourth-order valence-corrected chi connectivity index (χ4v) is 2.41. The smallest absolute Gasteiger partial charge is 0.263 e. The number of benzene rings is 1. The van der Waals surface area contributed by atoms with Gasteiger partial charge in [0.2, 0.25) is 0 Å². The molecule has 5 heteroatoms. The Balaban J connectivity index is 2.03. The van der Waals surface area contributed by atoms with E-state index < -0.39 is 6.10 Å². The monoisotopic (exact) mass is 297 g/mol. The molecule has 0 saturated carbocycles. The molecule has 0 radical (unpaired) electrons. The number of para-hydroxylation sites is 1. The molecular weight excluding hydrogens is 278 g/mol. The number of rotatable bonds is 3. The molecule has 1 saturated heterocycles. The molecule has 0 aromatic heterocycles.